The predicted octanol–water partition coefficient (Wildman–Crippen LogP) is 7.76. The summed E-state index contributed by atoms with van der Waals surface area (Å²) in [5.41, 5.74) is 0.618. The van der Waals surface area contributed by atoms with Gasteiger partial charge in [0.05, 0.1) is 0 Å². The maximum Gasteiger partial charge on any atom is 0.161 e. The molecule has 1 aliphatic rings. The van der Waals surface area contributed by atoms with Gasteiger partial charge in [-0.2, -0.15) is 0 Å². The molecule has 0 aromatic heterocycles. The first-order valence-electron chi connectivity index (χ1n) is 9.94. The fourth-order valence-corrected chi connectivity index (χ4v) is 4.20. The molecule has 4 heteroatoms. The molecule has 3 rings (SSSR count). The molecule has 1 fully saturated rings. The Morgan fingerprint density at radius 2 is 1.41 bits per heavy atom. The van der Waals surface area contributed by atoms with E-state index in [4.69, 9.17) is 0 Å². The first-order chi connectivity index (χ1) is 13.0. The van der Waals surface area contributed by atoms with Gasteiger partial charge in [-0.1, -0.05) is 44.7 Å². The number of hydrogen-bond acceptors (Lipinski definition) is 0. The van der Waals surface area contributed by atoms with Gasteiger partial charge < -0.3 is 0 Å². The van der Waals surface area contributed by atoms with Crippen LogP contribution >= 0.6 is 0 Å². The van der Waals surface area contributed by atoms with Crippen molar-refractivity contribution in [2.24, 2.45) is 5.92 Å². The molecule has 1 aliphatic carbocycles. The first-order valence-corrected chi connectivity index (χ1v) is 9.94. The molecule has 0 radical (unpaired) electrons. The van der Waals surface area contributed by atoms with Crippen molar-refractivity contribution in [3.8, 4) is 11.1 Å². The molecule has 0 nitrogen and oxygen atoms in total. The first kappa shape index (κ1) is 19.9. The van der Waals surface area contributed by atoms with Gasteiger partial charge in [-0.05, 0) is 55.2 Å². The lowest BCUT2D eigenvalue weighted by Crippen LogP contribution is -2.13. The normalized spacial score (nSPS) is 20.0. The van der Waals surface area contributed by atoms with E-state index in [1.165, 1.54) is 37.8 Å². The van der Waals surface area contributed by atoms with Crippen LogP contribution in [0.2, 0.25) is 0 Å². The minimum atomic E-state index is -1.27. The van der Waals surface area contributed by atoms with Crippen molar-refractivity contribution in [3.63, 3.8) is 0 Å². The van der Waals surface area contributed by atoms with Gasteiger partial charge in [-0.3, -0.25) is 0 Å². The molecule has 27 heavy (non-hydrogen) atoms. The van der Waals surface area contributed by atoms with E-state index in [1.807, 2.05) is 0 Å². The highest BCUT2D eigenvalue weighted by Crippen LogP contribution is 2.39. The molecule has 2 aromatic carbocycles. The topological polar surface area (TPSA) is 0 Å². The molecule has 0 atom stereocenters. The molecule has 1 saturated carbocycles. The lowest BCUT2D eigenvalue weighted by molar-refractivity contribution is 0.302. The minimum Gasteiger partial charge on any atom is -0.206 e. The van der Waals surface area contributed by atoms with Gasteiger partial charge in [0.15, 0.2) is 11.6 Å². The highest BCUT2D eigenvalue weighted by molar-refractivity contribution is 5.65. The van der Waals surface area contributed by atoms with Crippen LogP contribution in [-0.4, -0.2) is 0 Å². The number of hydrogen-bond donors (Lipinski definition) is 0. The van der Waals surface area contributed by atoms with E-state index in [-0.39, 0.29) is 11.1 Å². The van der Waals surface area contributed by atoms with Crippen LogP contribution in [0.3, 0.4) is 0 Å². The van der Waals surface area contributed by atoms with E-state index in [0.29, 0.717) is 18.1 Å². The van der Waals surface area contributed by atoms with Gasteiger partial charge in [0, 0.05) is 17.2 Å². The summed E-state index contributed by atoms with van der Waals surface area (Å²) in [5.74, 6) is -2.94. The van der Waals surface area contributed by atoms with Crippen molar-refractivity contribution in [2.45, 2.75) is 64.2 Å². The molecular formula is C23H26F4. The predicted molar refractivity (Wildman–Crippen MR) is 101 cm³/mol. The van der Waals surface area contributed by atoms with E-state index >= 15 is 0 Å². The monoisotopic (exact) mass is 378 g/mol. The summed E-state index contributed by atoms with van der Waals surface area (Å²) in [6.07, 6.45) is 9.49. The van der Waals surface area contributed by atoms with Crippen LogP contribution in [0.5, 0.6) is 0 Å². The van der Waals surface area contributed by atoms with Crippen LogP contribution in [0.4, 0.5) is 17.6 Å². The van der Waals surface area contributed by atoms with Crippen LogP contribution < -0.4 is 0 Å². The Bertz CT molecular complexity index is 776. The molecule has 0 heterocycles. The highest BCUT2D eigenvalue weighted by Gasteiger charge is 2.23. The lowest BCUT2D eigenvalue weighted by Gasteiger charge is -2.29. The van der Waals surface area contributed by atoms with E-state index < -0.39 is 23.3 Å². The second-order valence-electron chi connectivity index (χ2n) is 7.70. The standard InChI is InChI=1S/C23H26F4/c1-2-3-4-5-15-6-8-16(9-7-15)17-10-11-18(20(24)12-17)19-13-22(26)23(27)14-21(19)25/h10-16H,2-9H2,1H3/t15-,16-. The zero-order chi connectivity index (χ0) is 19.4. The molecular weight excluding hydrogens is 352 g/mol. The molecule has 0 bridgehead atoms. The Labute approximate surface area is 158 Å². The van der Waals surface area contributed by atoms with Crippen LogP contribution in [0.25, 0.3) is 11.1 Å². The van der Waals surface area contributed by atoms with E-state index in [0.717, 1.165) is 37.2 Å². The summed E-state index contributed by atoms with van der Waals surface area (Å²) in [4.78, 5) is 0. The Morgan fingerprint density at radius 3 is 2.07 bits per heavy atom. The van der Waals surface area contributed by atoms with Crippen molar-refractivity contribution in [1.29, 1.82) is 0 Å². The molecule has 0 spiro atoms. The summed E-state index contributed by atoms with van der Waals surface area (Å²) >= 11 is 0. The average Bonchev–Trinajstić information content (AvgIpc) is 2.66. The number of unbranched alkanes of at least 4 members (excludes halogenated alkanes) is 2. The van der Waals surface area contributed by atoms with Crippen molar-refractivity contribution < 1.29 is 17.6 Å². The molecule has 0 amide bonds. The quantitative estimate of drug-likeness (QED) is 0.274. The van der Waals surface area contributed by atoms with Gasteiger partial charge in [-0.15, -0.1) is 0 Å². The number of halogens is 4. The second-order valence-corrected chi connectivity index (χ2v) is 7.70. The number of benzene rings is 2. The van der Waals surface area contributed by atoms with Crippen molar-refractivity contribution >= 4 is 0 Å². The Hall–Kier alpha value is -1.84. The van der Waals surface area contributed by atoms with Crippen LogP contribution in [0.15, 0.2) is 30.3 Å². The van der Waals surface area contributed by atoms with Gasteiger partial charge in [-0.25, -0.2) is 17.6 Å². The van der Waals surface area contributed by atoms with Crippen LogP contribution in [0.1, 0.15) is 69.8 Å². The fraction of sp³-hybridized carbons (Fsp3) is 0.478. The lowest BCUT2D eigenvalue weighted by atomic mass is 9.77. The minimum absolute atomic E-state index is 0.0385. The van der Waals surface area contributed by atoms with Crippen molar-refractivity contribution in [3.05, 3.63) is 59.2 Å². The van der Waals surface area contributed by atoms with Gasteiger partial charge in [0.2, 0.25) is 0 Å². The molecule has 0 saturated heterocycles. The van der Waals surface area contributed by atoms with E-state index in [2.05, 4.69) is 6.92 Å². The number of rotatable bonds is 6. The summed E-state index contributed by atoms with van der Waals surface area (Å²) in [6, 6.07) is 5.87. The van der Waals surface area contributed by atoms with E-state index in [9.17, 15) is 17.6 Å². The SMILES string of the molecule is CCCCC[C@H]1CC[C@H](c2ccc(-c3cc(F)c(F)cc3F)c(F)c2)CC1. The molecule has 2 aromatic rings. The average molecular weight is 378 g/mol. The van der Waals surface area contributed by atoms with Gasteiger partial charge in [0.25, 0.3) is 0 Å². The molecule has 146 valence electrons. The Morgan fingerprint density at radius 1 is 0.741 bits per heavy atom. The summed E-state index contributed by atoms with van der Waals surface area (Å²) < 4.78 is 55.1. The van der Waals surface area contributed by atoms with Gasteiger partial charge in [0.1, 0.15) is 11.6 Å². The maximum absolute atomic E-state index is 14.6. The summed E-state index contributed by atoms with van der Waals surface area (Å²) in [6.45, 7) is 2.21. The zero-order valence-corrected chi connectivity index (χ0v) is 15.7. The van der Waals surface area contributed by atoms with Crippen LogP contribution in [0, 0.1) is 29.2 Å². The zero-order valence-electron chi connectivity index (χ0n) is 15.7. The molecule has 0 aliphatic heterocycles. The smallest absolute Gasteiger partial charge is 0.161 e. The van der Waals surface area contributed by atoms with Crippen molar-refractivity contribution in [1.82, 2.24) is 0 Å². The maximum atomic E-state index is 14.6. The Kier molecular flexibility index (Phi) is 6.56. The third-order valence-corrected chi connectivity index (χ3v) is 5.83. The largest absolute Gasteiger partial charge is 0.206 e. The Balaban J connectivity index is 1.70. The van der Waals surface area contributed by atoms with Crippen LogP contribution in [-0.2, 0) is 0 Å². The second kappa shape index (κ2) is 8.90. The summed E-state index contributed by atoms with van der Waals surface area (Å²) in [7, 11) is 0. The highest BCUT2D eigenvalue weighted by atomic mass is 19.2. The fourth-order valence-electron chi connectivity index (χ4n) is 4.20. The van der Waals surface area contributed by atoms with Crippen molar-refractivity contribution in [2.75, 3.05) is 0 Å². The molecule has 0 N–H and O–H groups in total. The van der Waals surface area contributed by atoms with Gasteiger partial charge >= 0.3 is 0 Å². The molecule has 0 unspecified atom stereocenters. The van der Waals surface area contributed by atoms with E-state index in [1.54, 1.807) is 6.07 Å². The summed E-state index contributed by atoms with van der Waals surface area (Å²) in [5, 5.41) is 0. The third-order valence-electron chi connectivity index (χ3n) is 5.83. The third kappa shape index (κ3) is 4.72.